The Morgan fingerprint density at radius 2 is 1.67 bits per heavy atom. The molecule has 1 aromatic carbocycles. The Morgan fingerprint density at radius 1 is 0.970 bits per heavy atom. The summed E-state index contributed by atoms with van der Waals surface area (Å²) in [5.41, 5.74) is 0.349. The van der Waals surface area contributed by atoms with E-state index in [9.17, 15) is 13.2 Å². The smallest absolute Gasteiger partial charge is 0.254 e. The third-order valence-electron chi connectivity index (χ3n) is 6.20. The fraction of sp³-hybridized carbons (Fsp3) is 0.478. The lowest BCUT2D eigenvalue weighted by molar-refractivity contribution is 0.0746. The molecule has 10 heteroatoms. The number of hydrogen-bond donors (Lipinski definition) is 0. The fourth-order valence-electron chi connectivity index (χ4n) is 4.31. The number of methoxy groups -OCH3 is 1. The van der Waals surface area contributed by atoms with E-state index in [1.54, 1.807) is 29.3 Å². The lowest BCUT2D eigenvalue weighted by Crippen LogP contribution is -2.49. The van der Waals surface area contributed by atoms with Gasteiger partial charge >= 0.3 is 0 Å². The second-order valence-electron chi connectivity index (χ2n) is 8.30. The van der Waals surface area contributed by atoms with Crippen LogP contribution in [0.25, 0.3) is 0 Å². The summed E-state index contributed by atoms with van der Waals surface area (Å²) in [6.07, 6.45) is 5.34. The summed E-state index contributed by atoms with van der Waals surface area (Å²) in [4.78, 5) is 21.5. The average molecular weight is 493 g/mol. The van der Waals surface area contributed by atoms with Crippen molar-refractivity contribution < 1.29 is 17.9 Å². The molecule has 0 radical (unpaired) electrons. The average Bonchev–Trinajstić information content (AvgIpc) is 3.14. The molecule has 1 aromatic heterocycles. The van der Waals surface area contributed by atoms with Crippen molar-refractivity contribution in [1.29, 1.82) is 0 Å². The van der Waals surface area contributed by atoms with Gasteiger partial charge in [0.1, 0.15) is 16.5 Å². The van der Waals surface area contributed by atoms with Gasteiger partial charge in [-0.1, -0.05) is 24.4 Å². The lowest BCUT2D eigenvalue weighted by atomic mass is 10.1. The van der Waals surface area contributed by atoms with Crippen LogP contribution in [0.1, 0.15) is 36.0 Å². The first-order valence-corrected chi connectivity index (χ1v) is 13.1. The number of pyridine rings is 1. The van der Waals surface area contributed by atoms with E-state index < -0.39 is 10.0 Å². The van der Waals surface area contributed by atoms with E-state index in [0.29, 0.717) is 49.9 Å². The predicted molar refractivity (Wildman–Crippen MR) is 128 cm³/mol. The van der Waals surface area contributed by atoms with Crippen molar-refractivity contribution in [3.05, 3.63) is 47.1 Å². The maximum Gasteiger partial charge on any atom is 0.254 e. The number of hydrogen-bond acceptors (Lipinski definition) is 6. The Labute approximate surface area is 200 Å². The van der Waals surface area contributed by atoms with Gasteiger partial charge in [-0.05, 0) is 43.2 Å². The van der Waals surface area contributed by atoms with Crippen molar-refractivity contribution in [2.75, 3.05) is 51.3 Å². The van der Waals surface area contributed by atoms with Crippen LogP contribution in [0.3, 0.4) is 0 Å². The second-order valence-corrected chi connectivity index (χ2v) is 10.6. The van der Waals surface area contributed by atoms with Crippen LogP contribution in [0.2, 0.25) is 5.02 Å². The Hall–Kier alpha value is -2.36. The topological polar surface area (TPSA) is 83.0 Å². The molecule has 178 valence electrons. The van der Waals surface area contributed by atoms with Crippen molar-refractivity contribution in [3.8, 4) is 5.75 Å². The Balaban J connectivity index is 1.51. The second kappa shape index (κ2) is 10.3. The molecule has 4 rings (SSSR count). The van der Waals surface area contributed by atoms with Crippen LogP contribution >= 0.6 is 11.6 Å². The molecule has 0 spiro atoms. The number of rotatable bonds is 5. The van der Waals surface area contributed by atoms with Crippen molar-refractivity contribution in [2.45, 2.75) is 30.6 Å². The van der Waals surface area contributed by atoms with E-state index in [1.165, 1.54) is 17.5 Å². The van der Waals surface area contributed by atoms with Gasteiger partial charge in [-0.25, -0.2) is 13.4 Å². The zero-order valence-electron chi connectivity index (χ0n) is 18.7. The van der Waals surface area contributed by atoms with E-state index in [-0.39, 0.29) is 16.6 Å². The van der Waals surface area contributed by atoms with Crippen molar-refractivity contribution in [1.82, 2.24) is 14.2 Å². The summed E-state index contributed by atoms with van der Waals surface area (Å²) in [6.45, 7) is 3.28. The van der Waals surface area contributed by atoms with Crippen LogP contribution in [0.15, 0.2) is 41.4 Å². The van der Waals surface area contributed by atoms with Gasteiger partial charge in [0, 0.05) is 51.0 Å². The standard InChI is InChI=1S/C23H29ClN4O4S/c1-32-20-8-6-18(16-21(20)33(30,31)28-10-4-2-3-5-11-28)23(29)27-14-12-26(13-15-27)22-9-7-19(24)17-25-22/h6-9,16-17H,2-5,10-15H2,1H3. The number of sulfonamides is 1. The Bertz CT molecular complexity index is 1080. The summed E-state index contributed by atoms with van der Waals surface area (Å²) in [5, 5.41) is 0.581. The third kappa shape index (κ3) is 5.26. The SMILES string of the molecule is COc1ccc(C(=O)N2CCN(c3ccc(Cl)cn3)CC2)cc1S(=O)(=O)N1CCCCCC1. The van der Waals surface area contributed by atoms with Crippen molar-refractivity contribution in [2.24, 2.45) is 0 Å². The van der Waals surface area contributed by atoms with Gasteiger partial charge < -0.3 is 14.5 Å². The molecule has 0 N–H and O–H groups in total. The van der Waals surface area contributed by atoms with Crippen LogP contribution in [0, 0.1) is 0 Å². The van der Waals surface area contributed by atoms with Gasteiger partial charge in [-0.2, -0.15) is 4.31 Å². The molecule has 0 unspecified atom stereocenters. The molecule has 1 amide bonds. The molecule has 0 saturated carbocycles. The minimum absolute atomic E-state index is 0.0572. The van der Waals surface area contributed by atoms with Gasteiger partial charge in [-0.15, -0.1) is 0 Å². The molecule has 2 aliphatic rings. The highest BCUT2D eigenvalue weighted by Gasteiger charge is 2.30. The van der Waals surface area contributed by atoms with Crippen molar-refractivity contribution in [3.63, 3.8) is 0 Å². The minimum atomic E-state index is -3.75. The van der Waals surface area contributed by atoms with E-state index in [4.69, 9.17) is 16.3 Å². The van der Waals surface area contributed by atoms with Gasteiger partial charge in [0.25, 0.3) is 5.91 Å². The summed E-state index contributed by atoms with van der Waals surface area (Å²) >= 11 is 5.92. The highest BCUT2D eigenvalue weighted by Crippen LogP contribution is 2.30. The molecule has 0 atom stereocenters. The number of aromatic nitrogens is 1. The number of carbonyl (C=O) groups is 1. The third-order valence-corrected chi connectivity index (χ3v) is 8.34. The molecule has 2 aromatic rings. The number of ether oxygens (including phenoxy) is 1. The van der Waals surface area contributed by atoms with Gasteiger partial charge in [0.05, 0.1) is 12.1 Å². The maximum atomic E-state index is 13.4. The summed E-state index contributed by atoms with van der Waals surface area (Å²) in [7, 11) is -2.31. The molecule has 2 aliphatic heterocycles. The highest BCUT2D eigenvalue weighted by molar-refractivity contribution is 7.89. The first-order chi connectivity index (χ1) is 15.9. The minimum Gasteiger partial charge on any atom is -0.495 e. The monoisotopic (exact) mass is 492 g/mol. The van der Waals surface area contributed by atoms with Crippen LogP contribution in [-0.2, 0) is 10.0 Å². The molecule has 2 fully saturated rings. The number of halogens is 1. The van der Waals surface area contributed by atoms with E-state index in [2.05, 4.69) is 9.88 Å². The van der Waals surface area contributed by atoms with Gasteiger partial charge in [-0.3, -0.25) is 4.79 Å². The Morgan fingerprint density at radius 3 is 2.27 bits per heavy atom. The normalized spacial score (nSPS) is 18.1. The Kier molecular flexibility index (Phi) is 7.41. The lowest BCUT2D eigenvalue weighted by Gasteiger charge is -2.35. The number of benzene rings is 1. The molecule has 2 saturated heterocycles. The molecular formula is C23H29ClN4O4S. The van der Waals surface area contributed by atoms with Crippen LogP contribution in [0.5, 0.6) is 5.75 Å². The summed E-state index contributed by atoms with van der Waals surface area (Å²) in [6, 6.07) is 8.34. The van der Waals surface area contributed by atoms with E-state index >= 15 is 0 Å². The summed E-state index contributed by atoms with van der Waals surface area (Å²) in [5.74, 6) is 0.893. The highest BCUT2D eigenvalue weighted by atomic mass is 35.5. The van der Waals surface area contributed by atoms with E-state index in [1.807, 2.05) is 6.07 Å². The number of piperazine rings is 1. The fourth-order valence-corrected chi connectivity index (χ4v) is 6.12. The molecule has 0 aliphatic carbocycles. The van der Waals surface area contributed by atoms with Crippen molar-refractivity contribution >= 4 is 33.3 Å². The number of amides is 1. The first kappa shape index (κ1) is 23.8. The summed E-state index contributed by atoms with van der Waals surface area (Å²) < 4.78 is 33.7. The number of anilines is 1. The largest absolute Gasteiger partial charge is 0.495 e. The molecular weight excluding hydrogens is 464 g/mol. The number of carbonyl (C=O) groups excluding carboxylic acids is 1. The first-order valence-electron chi connectivity index (χ1n) is 11.2. The van der Waals surface area contributed by atoms with Crippen LogP contribution in [0.4, 0.5) is 5.82 Å². The van der Waals surface area contributed by atoms with Gasteiger partial charge in [0.2, 0.25) is 10.0 Å². The van der Waals surface area contributed by atoms with Gasteiger partial charge in [0.15, 0.2) is 0 Å². The zero-order valence-corrected chi connectivity index (χ0v) is 20.3. The van der Waals surface area contributed by atoms with Crippen LogP contribution < -0.4 is 9.64 Å². The predicted octanol–water partition coefficient (Wildman–Crippen LogP) is 3.27. The molecule has 0 bridgehead atoms. The maximum absolute atomic E-state index is 13.4. The molecule has 8 nitrogen and oxygen atoms in total. The quantitative estimate of drug-likeness (QED) is 0.637. The molecule has 3 heterocycles. The van der Waals surface area contributed by atoms with Crippen LogP contribution in [-0.4, -0.2) is 74.9 Å². The number of nitrogens with zero attached hydrogens (tertiary/aromatic N) is 4. The zero-order chi connectivity index (χ0) is 23.4. The van der Waals surface area contributed by atoms with E-state index in [0.717, 1.165) is 31.5 Å². The molecule has 33 heavy (non-hydrogen) atoms.